The third-order valence-corrected chi connectivity index (χ3v) is 8.76. The van der Waals surface area contributed by atoms with Crippen LogP contribution < -0.4 is 19.1 Å². The minimum Gasteiger partial charge on any atom is -0.454 e. The van der Waals surface area contributed by atoms with Crippen LogP contribution in [0, 0.1) is 0 Å². The molecule has 1 N–H and O–H groups in total. The maximum atomic E-state index is 13.9. The Morgan fingerprint density at radius 3 is 2.42 bits per heavy atom. The number of rotatable bonds is 15. The number of carbonyl (C=O) groups excluding carboxylic acids is 2. The van der Waals surface area contributed by atoms with Gasteiger partial charge in [0.1, 0.15) is 6.04 Å². The summed E-state index contributed by atoms with van der Waals surface area (Å²) in [7, 11) is -3.66. The maximum absolute atomic E-state index is 13.9. The molecule has 1 heterocycles. The normalized spacial score (nSPS) is 12.9. The molecular formula is C32H38ClN3O6S. The lowest BCUT2D eigenvalue weighted by Gasteiger charge is -2.32. The maximum Gasteiger partial charge on any atom is 0.243 e. The van der Waals surface area contributed by atoms with E-state index in [9.17, 15) is 18.0 Å². The van der Waals surface area contributed by atoms with Crippen LogP contribution in [0.1, 0.15) is 43.7 Å². The van der Waals surface area contributed by atoms with Crippen molar-refractivity contribution in [3.05, 3.63) is 88.9 Å². The van der Waals surface area contributed by atoms with E-state index in [1.54, 1.807) is 29.2 Å². The lowest BCUT2D eigenvalue weighted by molar-refractivity contribution is -0.141. The van der Waals surface area contributed by atoms with E-state index in [-0.39, 0.29) is 44.5 Å². The number of unbranched alkanes of at least 4 members (excludes halogenated alkanes) is 1. The van der Waals surface area contributed by atoms with E-state index in [1.807, 2.05) is 55.5 Å². The number of halogens is 1. The van der Waals surface area contributed by atoms with Crippen LogP contribution in [0.2, 0.25) is 5.02 Å². The molecule has 11 heteroatoms. The second-order valence-electron chi connectivity index (χ2n) is 10.4. The van der Waals surface area contributed by atoms with E-state index >= 15 is 0 Å². The fourth-order valence-corrected chi connectivity index (χ4v) is 6.07. The largest absolute Gasteiger partial charge is 0.454 e. The van der Waals surface area contributed by atoms with Gasteiger partial charge in [-0.25, -0.2) is 8.42 Å². The summed E-state index contributed by atoms with van der Waals surface area (Å²) in [6.07, 6.45) is 3.44. The number of ether oxygens (including phenoxy) is 2. The number of nitrogens with one attached hydrogen (secondary N) is 1. The van der Waals surface area contributed by atoms with Gasteiger partial charge in [-0.1, -0.05) is 73.5 Å². The molecule has 0 aromatic heterocycles. The Morgan fingerprint density at radius 2 is 1.70 bits per heavy atom. The van der Waals surface area contributed by atoms with Crippen LogP contribution >= 0.6 is 11.6 Å². The lowest BCUT2D eigenvalue weighted by atomic mass is 10.0. The SMILES string of the molecule is CCCCNC(=O)[C@H](Cc1ccccc1)N(Cc1ccccc1Cl)C(=O)CCCN(c1ccc2c(c1)OCO2)S(C)(=O)=O. The molecule has 0 bridgehead atoms. The van der Waals surface area contributed by atoms with E-state index < -0.39 is 16.1 Å². The van der Waals surface area contributed by atoms with Gasteiger partial charge in [0.25, 0.3) is 0 Å². The van der Waals surface area contributed by atoms with E-state index in [0.717, 1.165) is 30.2 Å². The summed E-state index contributed by atoms with van der Waals surface area (Å²) in [6.45, 7) is 2.83. The third kappa shape index (κ3) is 8.87. The molecule has 1 aliphatic rings. The predicted octanol–water partition coefficient (Wildman–Crippen LogP) is 5.17. The Balaban J connectivity index is 1.57. The Bertz CT molecular complexity index is 1500. The quantitative estimate of drug-likeness (QED) is 0.233. The van der Waals surface area contributed by atoms with Crippen LogP contribution in [-0.2, 0) is 32.6 Å². The van der Waals surface area contributed by atoms with Gasteiger partial charge in [0.2, 0.25) is 28.6 Å². The second-order valence-corrected chi connectivity index (χ2v) is 12.8. The zero-order valence-electron chi connectivity index (χ0n) is 24.5. The number of carbonyl (C=O) groups is 2. The van der Waals surface area contributed by atoms with Gasteiger partial charge in [-0.05, 0) is 42.2 Å². The van der Waals surface area contributed by atoms with Gasteiger partial charge in [0.05, 0.1) is 11.9 Å². The van der Waals surface area contributed by atoms with Gasteiger partial charge >= 0.3 is 0 Å². The number of nitrogens with zero attached hydrogens (tertiary/aromatic N) is 2. The smallest absolute Gasteiger partial charge is 0.243 e. The Morgan fingerprint density at radius 1 is 0.977 bits per heavy atom. The molecule has 0 saturated heterocycles. The number of hydrogen-bond acceptors (Lipinski definition) is 6. The molecular weight excluding hydrogens is 590 g/mol. The average molecular weight is 628 g/mol. The van der Waals surface area contributed by atoms with Crippen molar-refractivity contribution in [3.8, 4) is 11.5 Å². The number of sulfonamides is 1. The molecule has 0 spiro atoms. The molecule has 2 amide bonds. The number of benzene rings is 3. The van der Waals surface area contributed by atoms with Crippen molar-refractivity contribution < 1.29 is 27.5 Å². The van der Waals surface area contributed by atoms with Crippen molar-refractivity contribution in [1.82, 2.24) is 10.2 Å². The zero-order chi connectivity index (χ0) is 30.8. The minimum absolute atomic E-state index is 0.0224. The van der Waals surface area contributed by atoms with E-state index in [0.29, 0.717) is 35.2 Å². The summed E-state index contributed by atoms with van der Waals surface area (Å²) >= 11 is 6.49. The first-order valence-corrected chi connectivity index (χ1v) is 16.6. The molecule has 1 atom stereocenters. The molecule has 43 heavy (non-hydrogen) atoms. The fraction of sp³-hybridized carbons (Fsp3) is 0.375. The number of anilines is 1. The number of amides is 2. The molecule has 3 aromatic rings. The highest BCUT2D eigenvalue weighted by atomic mass is 35.5. The Labute approximate surface area is 258 Å². The van der Waals surface area contributed by atoms with Gasteiger partial charge in [0, 0.05) is 43.6 Å². The van der Waals surface area contributed by atoms with Gasteiger partial charge in [0.15, 0.2) is 11.5 Å². The van der Waals surface area contributed by atoms with Crippen LogP contribution in [-0.4, -0.2) is 57.3 Å². The molecule has 0 radical (unpaired) electrons. The summed E-state index contributed by atoms with van der Waals surface area (Å²) in [4.78, 5) is 29.1. The lowest BCUT2D eigenvalue weighted by Crippen LogP contribution is -2.50. The first kappa shape index (κ1) is 32.2. The predicted molar refractivity (Wildman–Crippen MR) is 168 cm³/mol. The molecule has 0 saturated carbocycles. The van der Waals surface area contributed by atoms with Crippen molar-refractivity contribution in [2.45, 2.75) is 51.6 Å². The van der Waals surface area contributed by atoms with Crippen LogP contribution in [0.3, 0.4) is 0 Å². The molecule has 230 valence electrons. The molecule has 9 nitrogen and oxygen atoms in total. The van der Waals surface area contributed by atoms with Gasteiger partial charge in [-0.2, -0.15) is 0 Å². The van der Waals surface area contributed by atoms with Crippen molar-refractivity contribution in [2.24, 2.45) is 0 Å². The summed E-state index contributed by atoms with van der Waals surface area (Å²) in [5, 5.41) is 3.50. The molecule has 1 aliphatic heterocycles. The summed E-state index contributed by atoms with van der Waals surface area (Å²) in [6, 6.07) is 20.9. The van der Waals surface area contributed by atoms with Crippen LogP contribution in [0.5, 0.6) is 11.5 Å². The Hall–Kier alpha value is -3.76. The van der Waals surface area contributed by atoms with Crippen LogP contribution in [0.4, 0.5) is 5.69 Å². The fourth-order valence-electron chi connectivity index (χ4n) is 4.91. The highest BCUT2D eigenvalue weighted by Crippen LogP contribution is 2.36. The van der Waals surface area contributed by atoms with Crippen molar-refractivity contribution in [2.75, 3.05) is 30.4 Å². The molecule has 0 aliphatic carbocycles. The number of fused-ring (bicyclic) bond motifs is 1. The van der Waals surface area contributed by atoms with E-state index in [1.165, 1.54) is 4.31 Å². The van der Waals surface area contributed by atoms with Gasteiger partial charge in [-0.15, -0.1) is 0 Å². The first-order chi connectivity index (χ1) is 20.7. The van der Waals surface area contributed by atoms with E-state index in [4.69, 9.17) is 21.1 Å². The third-order valence-electron chi connectivity index (χ3n) is 7.20. The standard InChI is InChI=1S/C32H38ClN3O6S/c1-3-4-18-34-32(38)28(20-24-11-6-5-7-12-24)35(22-25-13-8-9-14-27(25)33)31(37)15-10-19-36(43(2,39)40)26-16-17-29-30(21-26)42-23-41-29/h5-9,11-14,16-17,21,28H,3-4,10,15,18-20,22-23H2,1-2H3,(H,34,38)/t28-/m0/s1. The minimum atomic E-state index is -3.66. The summed E-state index contributed by atoms with van der Waals surface area (Å²) < 4.78 is 37.5. The van der Waals surface area contributed by atoms with Gasteiger partial charge in [-0.3, -0.25) is 13.9 Å². The monoisotopic (exact) mass is 627 g/mol. The topological polar surface area (TPSA) is 105 Å². The zero-order valence-corrected chi connectivity index (χ0v) is 26.1. The molecule has 4 rings (SSSR count). The van der Waals surface area contributed by atoms with Crippen LogP contribution in [0.15, 0.2) is 72.8 Å². The van der Waals surface area contributed by atoms with Crippen molar-refractivity contribution >= 4 is 39.1 Å². The second kappa shape index (κ2) is 15.1. The first-order valence-electron chi connectivity index (χ1n) is 14.4. The Kier molecular flexibility index (Phi) is 11.3. The van der Waals surface area contributed by atoms with Crippen molar-refractivity contribution in [1.29, 1.82) is 0 Å². The highest BCUT2D eigenvalue weighted by Gasteiger charge is 2.31. The summed E-state index contributed by atoms with van der Waals surface area (Å²) in [5.74, 6) is 0.497. The molecule has 0 fully saturated rings. The van der Waals surface area contributed by atoms with E-state index in [2.05, 4.69) is 5.32 Å². The average Bonchev–Trinajstić information content (AvgIpc) is 3.46. The van der Waals surface area contributed by atoms with Crippen LogP contribution in [0.25, 0.3) is 0 Å². The molecule has 0 unspecified atom stereocenters. The summed E-state index contributed by atoms with van der Waals surface area (Å²) in [5.41, 5.74) is 2.06. The van der Waals surface area contributed by atoms with Gasteiger partial charge < -0.3 is 19.7 Å². The number of hydrogen-bond donors (Lipinski definition) is 1. The highest BCUT2D eigenvalue weighted by molar-refractivity contribution is 7.92. The molecule has 3 aromatic carbocycles. The van der Waals surface area contributed by atoms with Crippen molar-refractivity contribution in [3.63, 3.8) is 0 Å².